The molecule has 1 heterocycles. The molecule has 0 saturated heterocycles. The summed E-state index contributed by atoms with van der Waals surface area (Å²) in [6, 6.07) is 4.62. The molecule has 0 saturated carbocycles. The number of hydrogen-bond acceptors (Lipinski definition) is 3. The first-order valence-electron chi connectivity index (χ1n) is 4.08. The van der Waals surface area contributed by atoms with Crippen molar-refractivity contribution in [2.45, 2.75) is 6.42 Å². The second-order valence-electron chi connectivity index (χ2n) is 2.61. The number of H-pyrrole nitrogens is 1. The van der Waals surface area contributed by atoms with E-state index in [9.17, 15) is 9.59 Å². The van der Waals surface area contributed by atoms with E-state index in [1.54, 1.807) is 0 Å². The molecule has 14 heavy (non-hydrogen) atoms. The highest BCUT2D eigenvalue weighted by Gasteiger charge is 2.03. The lowest BCUT2D eigenvalue weighted by Gasteiger charge is -2.00. The average Bonchev–Trinajstić information content (AvgIpc) is 2.18. The molecule has 0 aromatic carbocycles. The van der Waals surface area contributed by atoms with E-state index in [0.29, 0.717) is 12.1 Å². The Hall–Kier alpha value is -2.09. The molecule has 0 bridgehead atoms. The van der Waals surface area contributed by atoms with Crippen LogP contribution in [0.15, 0.2) is 23.1 Å². The van der Waals surface area contributed by atoms with Gasteiger partial charge in [0.05, 0.1) is 12.5 Å². The number of aromatic nitrogens is 1. The second kappa shape index (κ2) is 4.82. The molecule has 0 aliphatic heterocycles. The van der Waals surface area contributed by atoms with Gasteiger partial charge >= 0.3 is 0 Å². The van der Waals surface area contributed by atoms with E-state index >= 15 is 0 Å². The highest BCUT2D eigenvalue weighted by molar-refractivity contribution is 5.93. The minimum Gasteiger partial charge on any atom is -0.351 e. The Morgan fingerprint density at radius 2 is 2.43 bits per heavy atom. The van der Waals surface area contributed by atoms with Crippen molar-refractivity contribution in [1.82, 2.24) is 10.3 Å². The fourth-order valence-corrected chi connectivity index (χ4v) is 0.920. The molecule has 5 heteroatoms. The highest BCUT2D eigenvalue weighted by atomic mass is 16.2. The summed E-state index contributed by atoms with van der Waals surface area (Å²) in [7, 11) is 0. The molecule has 0 radical (unpaired) electrons. The van der Waals surface area contributed by atoms with Crippen LogP contribution in [-0.2, 0) is 0 Å². The van der Waals surface area contributed by atoms with Crippen molar-refractivity contribution in [2.24, 2.45) is 0 Å². The standard InChI is InChI=1S/C9H9N3O2/c10-3-1-4-12-9(14)7-2-5-11-8(13)6-7/h2,5-6H,1,4H2,(H,11,13)(H,12,14). The van der Waals surface area contributed by atoms with Crippen molar-refractivity contribution in [2.75, 3.05) is 6.54 Å². The summed E-state index contributed by atoms with van der Waals surface area (Å²) >= 11 is 0. The van der Waals surface area contributed by atoms with E-state index in [4.69, 9.17) is 5.26 Å². The minimum absolute atomic E-state index is 0.259. The molecular formula is C9H9N3O2. The van der Waals surface area contributed by atoms with E-state index in [1.807, 2.05) is 6.07 Å². The first-order valence-corrected chi connectivity index (χ1v) is 4.08. The third kappa shape index (κ3) is 2.75. The van der Waals surface area contributed by atoms with Gasteiger partial charge in [0.1, 0.15) is 0 Å². The van der Waals surface area contributed by atoms with E-state index in [0.717, 1.165) is 0 Å². The smallest absolute Gasteiger partial charge is 0.251 e. The molecule has 1 aromatic rings. The zero-order valence-corrected chi connectivity index (χ0v) is 7.41. The van der Waals surface area contributed by atoms with Crippen LogP contribution in [0.4, 0.5) is 0 Å². The summed E-state index contributed by atoms with van der Waals surface area (Å²) in [6.45, 7) is 0.294. The Bertz CT molecular complexity index is 417. The van der Waals surface area contributed by atoms with Gasteiger partial charge in [-0.15, -0.1) is 0 Å². The zero-order valence-electron chi connectivity index (χ0n) is 7.41. The number of rotatable bonds is 3. The molecule has 72 valence electrons. The summed E-state index contributed by atoms with van der Waals surface area (Å²) in [4.78, 5) is 24.5. The van der Waals surface area contributed by atoms with Gasteiger partial charge in [-0.1, -0.05) is 0 Å². The molecule has 0 fully saturated rings. The fourth-order valence-electron chi connectivity index (χ4n) is 0.920. The van der Waals surface area contributed by atoms with Crippen molar-refractivity contribution >= 4 is 5.91 Å². The number of amides is 1. The van der Waals surface area contributed by atoms with E-state index in [2.05, 4.69) is 10.3 Å². The quantitative estimate of drug-likeness (QED) is 0.660. The first-order chi connectivity index (χ1) is 6.74. The van der Waals surface area contributed by atoms with Gasteiger partial charge in [0, 0.05) is 24.4 Å². The topological polar surface area (TPSA) is 85.8 Å². The molecule has 0 aliphatic rings. The molecule has 5 nitrogen and oxygen atoms in total. The fraction of sp³-hybridized carbons (Fsp3) is 0.222. The molecule has 1 rings (SSSR count). The molecule has 2 N–H and O–H groups in total. The largest absolute Gasteiger partial charge is 0.351 e. The van der Waals surface area contributed by atoms with Crippen LogP contribution in [0.3, 0.4) is 0 Å². The molecular weight excluding hydrogens is 182 g/mol. The number of nitrogens with one attached hydrogen (secondary N) is 2. The van der Waals surface area contributed by atoms with Crippen LogP contribution < -0.4 is 10.9 Å². The molecule has 1 amide bonds. The van der Waals surface area contributed by atoms with Crippen molar-refractivity contribution in [1.29, 1.82) is 5.26 Å². The van der Waals surface area contributed by atoms with E-state index in [1.165, 1.54) is 18.3 Å². The van der Waals surface area contributed by atoms with Crippen molar-refractivity contribution in [3.05, 3.63) is 34.2 Å². The van der Waals surface area contributed by atoms with Crippen LogP contribution in [0.1, 0.15) is 16.8 Å². The van der Waals surface area contributed by atoms with Crippen LogP contribution in [0.2, 0.25) is 0 Å². The monoisotopic (exact) mass is 191 g/mol. The van der Waals surface area contributed by atoms with Crippen molar-refractivity contribution < 1.29 is 4.79 Å². The van der Waals surface area contributed by atoms with Gasteiger partial charge in [-0.2, -0.15) is 5.26 Å². The summed E-state index contributed by atoms with van der Waals surface area (Å²) < 4.78 is 0. The van der Waals surface area contributed by atoms with Crippen LogP contribution >= 0.6 is 0 Å². The van der Waals surface area contributed by atoms with Crippen LogP contribution in [0.25, 0.3) is 0 Å². The number of pyridine rings is 1. The molecule has 0 atom stereocenters. The molecule has 0 spiro atoms. The first kappa shape index (κ1) is 9.99. The van der Waals surface area contributed by atoms with Crippen LogP contribution in [0.5, 0.6) is 0 Å². The Morgan fingerprint density at radius 1 is 1.64 bits per heavy atom. The number of aromatic amines is 1. The highest BCUT2D eigenvalue weighted by Crippen LogP contribution is 1.92. The van der Waals surface area contributed by atoms with Crippen LogP contribution in [0, 0.1) is 11.3 Å². The Kier molecular flexibility index (Phi) is 3.44. The third-order valence-electron chi connectivity index (χ3n) is 1.56. The minimum atomic E-state index is -0.341. The van der Waals surface area contributed by atoms with Gasteiger partial charge in [-0.25, -0.2) is 0 Å². The number of carbonyl (C=O) groups excluding carboxylic acids is 1. The maximum absolute atomic E-state index is 11.3. The zero-order chi connectivity index (χ0) is 10.4. The normalized spacial score (nSPS) is 9.07. The Morgan fingerprint density at radius 3 is 3.07 bits per heavy atom. The van der Waals surface area contributed by atoms with Gasteiger partial charge < -0.3 is 10.3 Å². The summed E-state index contributed by atoms with van der Waals surface area (Å²) in [5.74, 6) is -0.341. The summed E-state index contributed by atoms with van der Waals surface area (Å²) in [6.07, 6.45) is 1.66. The summed E-state index contributed by atoms with van der Waals surface area (Å²) in [5, 5.41) is 10.8. The number of carbonyl (C=O) groups is 1. The average molecular weight is 191 g/mol. The third-order valence-corrected chi connectivity index (χ3v) is 1.56. The molecule has 1 aromatic heterocycles. The SMILES string of the molecule is N#CCCNC(=O)c1cc[nH]c(=O)c1. The lowest BCUT2D eigenvalue weighted by atomic mass is 10.2. The van der Waals surface area contributed by atoms with E-state index in [-0.39, 0.29) is 17.9 Å². The maximum atomic E-state index is 11.3. The lowest BCUT2D eigenvalue weighted by molar-refractivity contribution is 0.0954. The van der Waals surface area contributed by atoms with Crippen molar-refractivity contribution in [3.63, 3.8) is 0 Å². The predicted molar refractivity (Wildman–Crippen MR) is 49.6 cm³/mol. The van der Waals surface area contributed by atoms with Gasteiger partial charge in [0.2, 0.25) is 5.56 Å². The number of nitrogens with zero attached hydrogens (tertiary/aromatic N) is 1. The van der Waals surface area contributed by atoms with Gasteiger partial charge in [0.25, 0.3) is 5.91 Å². The Balaban J connectivity index is 2.62. The molecule has 0 aliphatic carbocycles. The predicted octanol–water partition coefficient (Wildman–Crippen LogP) is 0.0184. The second-order valence-corrected chi connectivity index (χ2v) is 2.61. The van der Waals surface area contributed by atoms with E-state index < -0.39 is 0 Å². The lowest BCUT2D eigenvalue weighted by Crippen LogP contribution is -2.25. The summed E-state index contributed by atoms with van der Waals surface area (Å²) in [5.41, 5.74) is -0.0235. The molecule has 0 unspecified atom stereocenters. The van der Waals surface area contributed by atoms with Gasteiger partial charge in [0.15, 0.2) is 0 Å². The van der Waals surface area contributed by atoms with Crippen LogP contribution in [-0.4, -0.2) is 17.4 Å². The van der Waals surface area contributed by atoms with Gasteiger partial charge in [-0.3, -0.25) is 9.59 Å². The Labute approximate surface area is 80.4 Å². The maximum Gasteiger partial charge on any atom is 0.251 e. The number of hydrogen-bond donors (Lipinski definition) is 2. The van der Waals surface area contributed by atoms with Crippen molar-refractivity contribution in [3.8, 4) is 6.07 Å². The van der Waals surface area contributed by atoms with Gasteiger partial charge in [-0.05, 0) is 6.07 Å². The number of nitriles is 1.